The summed E-state index contributed by atoms with van der Waals surface area (Å²) in [6.45, 7) is 1.80. The van der Waals surface area contributed by atoms with Crippen molar-refractivity contribution in [1.82, 2.24) is 9.97 Å². The van der Waals surface area contributed by atoms with Crippen molar-refractivity contribution in [2.75, 3.05) is 0 Å². The highest BCUT2D eigenvalue weighted by Crippen LogP contribution is 1.93. The molecule has 1 aromatic heterocycles. The summed E-state index contributed by atoms with van der Waals surface area (Å²) >= 11 is 0. The Kier molecular flexibility index (Phi) is 1.94. The maximum atomic E-state index is 5.04. The zero-order valence-corrected chi connectivity index (χ0v) is 5.65. The molecule has 0 atom stereocenters. The second-order valence-corrected chi connectivity index (χ2v) is 1.84. The fourth-order valence-electron chi connectivity index (χ4n) is 0.560. The van der Waals surface area contributed by atoms with Gasteiger partial charge in [0, 0.05) is 18.0 Å². The molecule has 0 bridgehead atoms. The molecule has 0 aliphatic rings. The van der Waals surface area contributed by atoms with Gasteiger partial charge in [-0.25, -0.2) is 9.97 Å². The molecule has 0 aromatic carbocycles. The fourth-order valence-corrected chi connectivity index (χ4v) is 0.560. The topological polar surface area (TPSA) is 64.2 Å². The lowest BCUT2D eigenvalue weighted by atomic mass is 10.2. The van der Waals surface area contributed by atoms with E-state index in [4.69, 9.17) is 5.84 Å². The first-order chi connectivity index (χ1) is 4.84. The van der Waals surface area contributed by atoms with Crippen LogP contribution < -0.4 is 5.84 Å². The van der Waals surface area contributed by atoms with Crippen LogP contribution in [0.4, 0.5) is 0 Å². The Hall–Kier alpha value is -1.45. The third kappa shape index (κ3) is 1.28. The quantitative estimate of drug-likeness (QED) is 0.340. The maximum Gasteiger partial charge on any atom is 0.115 e. The molecule has 1 heterocycles. The van der Waals surface area contributed by atoms with Crippen molar-refractivity contribution in [3.63, 3.8) is 0 Å². The van der Waals surface area contributed by atoms with Crippen LogP contribution in [0.15, 0.2) is 23.8 Å². The molecule has 4 nitrogen and oxygen atoms in total. The Morgan fingerprint density at radius 1 is 1.50 bits per heavy atom. The van der Waals surface area contributed by atoms with Crippen molar-refractivity contribution >= 4 is 5.71 Å². The Bertz CT molecular complexity index is 229. The van der Waals surface area contributed by atoms with E-state index in [-0.39, 0.29) is 0 Å². The van der Waals surface area contributed by atoms with Gasteiger partial charge < -0.3 is 5.84 Å². The first-order valence-electron chi connectivity index (χ1n) is 2.84. The summed E-state index contributed by atoms with van der Waals surface area (Å²) in [6, 6.07) is 0. The summed E-state index contributed by atoms with van der Waals surface area (Å²) in [6.07, 6.45) is 4.80. The third-order valence-corrected chi connectivity index (χ3v) is 1.17. The van der Waals surface area contributed by atoms with Crippen LogP contribution in [0.3, 0.4) is 0 Å². The third-order valence-electron chi connectivity index (χ3n) is 1.17. The number of aromatic nitrogens is 2. The van der Waals surface area contributed by atoms with Crippen LogP contribution in [-0.4, -0.2) is 15.7 Å². The SMILES string of the molecule is C/C(=N\N)c1cncnc1. The van der Waals surface area contributed by atoms with Gasteiger partial charge in [0.25, 0.3) is 0 Å². The summed E-state index contributed by atoms with van der Waals surface area (Å²) < 4.78 is 0. The zero-order valence-electron chi connectivity index (χ0n) is 5.65. The molecule has 0 aliphatic heterocycles. The highest BCUT2D eigenvalue weighted by molar-refractivity contribution is 5.97. The average molecular weight is 136 g/mol. The summed E-state index contributed by atoms with van der Waals surface area (Å²) in [5, 5.41) is 3.50. The number of nitrogens with zero attached hydrogens (tertiary/aromatic N) is 3. The molecule has 4 heteroatoms. The van der Waals surface area contributed by atoms with Crippen LogP contribution in [0.2, 0.25) is 0 Å². The van der Waals surface area contributed by atoms with Gasteiger partial charge in [-0.05, 0) is 6.92 Å². The van der Waals surface area contributed by atoms with Gasteiger partial charge in [0.05, 0.1) is 5.71 Å². The van der Waals surface area contributed by atoms with E-state index < -0.39 is 0 Å². The molecule has 10 heavy (non-hydrogen) atoms. The van der Waals surface area contributed by atoms with Crippen LogP contribution in [0.5, 0.6) is 0 Å². The van der Waals surface area contributed by atoms with Gasteiger partial charge in [0.2, 0.25) is 0 Å². The molecule has 0 saturated heterocycles. The van der Waals surface area contributed by atoms with Gasteiger partial charge in [0.15, 0.2) is 0 Å². The second-order valence-electron chi connectivity index (χ2n) is 1.84. The fraction of sp³-hybridized carbons (Fsp3) is 0.167. The van der Waals surface area contributed by atoms with E-state index in [2.05, 4.69) is 15.1 Å². The maximum absolute atomic E-state index is 5.04. The molecule has 52 valence electrons. The largest absolute Gasteiger partial charge is 0.323 e. The summed E-state index contributed by atoms with van der Waals surface area (Å²) in [4.78, 5) is 7.61. The van der Waals surface area contributed by atoms with Gasteiger partial charge >= 0.3 is 0 Å². The molecule has 1 aromatic rings. The predicted molar refractivity (Wildman–Crippen MR) is 38.4 cm³/mol. The molecule has 0 saturated carbocycles. The minimum absolute atomic E-state index is 0.737. The summed E-state index contributed by atoms with van der Waals surface area (Å²) in [7, 11) is 0. The van der Waals surface area contributed by atoms with Crippen molar-refractivity contribution in [3.8, 4) is 0 Å². The highest BCUT2D eigenvalue weighted by Gasteiger charge is 1.93. The van der Waals surface area contributed by atoms with E-state index in [1.54, 1.807) is 19.3 Å². The highest BCUT2D eigenvalue weighted by atomic mass is 15.1. The molecule has 0 unspecified atom stereocenters. The lowest BCUT2D eigenvalue weighted by Gasteiger charge is -1.93. The molecule has 2 N–H and O–H groups in total. The predicted octanol–water partition coefficient (Wildman–Crippen LogP) is 0.159. The van der Waals surface area contributed by atoms with Crippen molar-refractivity contribution in [3.05, 3.63) is 24.3 Å². The minimum atomic E-state index is 0.737. The van der Waals surface area contributed by atoms with Gasteiger partial charge in [-0.15, -0.1) is 0 Å². The minimum Gasteiger partial charge on any atom is -0.323 e. The van der Waals surface area contributed by atoms with E-state index in [1.165, 1.54) is 6.33 Å². The van der Waals surface area contributed by atoms with Crippen LogP contribution in [0, 0.1) is 0 Å². The van der Waals surface area contributed by atoms with E-state index in [0.29, 0.717) is 0 Å². The first-order valence-corrected chi connectivity index (χ1v) is 2.84. The number of hydrogen-bond donors (Lipinski definition) is 1. The van der Waals surface area contributed by atoms with Crippen molar-refractivity contribution in [2.24, 2.45) is 10.9 Å². The summed E-state index contributed by atoms with van der Waals surface area (Å²) in [5.74, 6) is 5.04. The number of nitrogens with two attached hydrogens (primary N) is 1. The molecule has 0 fully saturated rings. The molecule has 0 amide bonds. The number of hydrogen-bond acceptors (Lipinski definition) is 4. The lowest BCUT2D eigenvalue weighted by Crippen LogP contribution is -1.99. The van der Waals surface area contributed by atoms with Gasteiger partial charge in [0.1, 0.15) is 6.33 Å². The van der Waals surface area contributed by atoms with Crippen molar-refractivity contribution in [2.45, 2.75) is 6.92 Å². The van der Waals surface area contributed by atoms with Crippen molar-refractivity contribution in [1.29, 1.82) is 0 Å². The molecule has 0 aliphatic carbocycles. The average Bonchev–Trinajstić information content (AvgIpc) is 2.05. The standard InChI is InChI=1S/C6H8N4/c1-5(10-7)6-2-8-4-9-3-6/h2-4H,7H2,1H3/b10-5+. The molecule has 0 spiro atoms. The van der Waals surface area contributed by atoms with Gasteiger partial charge in [-0.3, -0.25) is 0 Å². The first kappa shape index (κ1) is 6.67. The number of rotatable bonds is 1. The van der Waals surface area contributed by atoms with E-state index in [1.807, 2.05) is 0 Å². The molecular formula is C6H8N4. The van der Waals surface area contributed by atoms with E-state index in [9.17, 15) is 0 Å². The summed E-state index contributed by atoms with van der Waals surface area (Å²) in [5.41, 5.74) is 1.59. The van der Waals surface area contributed by atoms with Crippen LogP contribution in [0.25, 0.3) is 0 Å². The normalized spacial score (nSPS) is 11.5. The Balaban J connectivity index is 2.96. The van der Waals surface area contributed by atoms with Crippen LogP contribution >= 0.6 is 0 Å². The Labute approximate surface area is 58.8 Å². The van der Waals surface area contributed by atoms with Crippen LogP contribution in [-0.2, 0) is 0 Å². The smallest absolute Gasteiger partial charge is 0.115 e. The second kappa shape index (κ2) is 2.91. The monoisotopic (exact) mass is 136 g/mol. The van der Waals surface area contributed by atoms with Gasteiger partial charge in [-0.1, -0.05) is 0 Å². The number of hydrazone groups is 1. The Morgan fingerprint density at radius 2 is 2.10 bits per heavy atom. The van der Waals surface area contributed by atoms with E-state index in [0.717, 1.165) is 11.3 Å². The molecule has 0 radical (unpaired) electrons. The van der Waals surface area contributed by atoms with E-state index >= 15 is 0 Å². The molecular weight excluding hydrogens is 128 g/mol. The Morgan fingerprint density at radius 3 is 2.60 bits per heavy atom. The molecule has 1 rings (SSSR count). The lowest BCUT2D eigenvalue weighted by molar-refractivity contribution is 1.15. The zero-order chi connectivity index (χ0) is 7.40. The van der Waals surface area contributed by atoms with Crippen molar-refractivity contribution < 1.29 is 0 Å². The van der Waals surface area contributed by atoms with Gasteiger partial charge in [-0.2, -0.15) is 5.10 Å². The van der Waals surface area contributed by atoms with Crippen LogP contribution in [0.1, 0.15) is 12.5 Å².